The maximum atomic E-state index is 13.1. The highest BCUT2D eigenvalue weighted by Crippen LogP contribution is 2.30. The highest BCUT2D eigenvalue weighted by molar-refractivity contribution is 7.07. The van der Waals surface area contributed by atoms with E-state index < -0.39 is 0 Å². The number of imidazole rings is 1. The molecule has 0 aromatic carbocycles. The second-order valence-electron chi connectivity index (χ2n) is 7.10. The monoisotopic (exact) mass is 389 g/mol. The number of thiophene rings is 1. The number of carbonyl (C=O) groups excluding carboxylic acids is 1. The Morgan fingerprint density at radius 1 is 1.21 bits per heavy atom. The number of hydrogen-bond acceptors (Lipinski definition) is 5. The van der Waals surface area contributed by atoms with Crippen LogP contribution in [0.25, 0.3) is 11.2 Å². The Kier molecular flexibility index (Phi) is 4.37. The lowest BCUT2D eigenvalue weighted by molar-refractivity contribution is 0.0730. The van der Waals surface area contributed by atoms with E-state index >= 15 is 0 Å². The van der Waals surface area contributed by atoms with Gasteiger partial charge in [0, 0.05) is 31.2 Å². The van der Waals surface area contributed by atoms with Gasteiger partial charge in [0.2, 0.25) is 0 Å². The molecular weight excluding hydrogens is 370 g/mol. The van der Waals surface area contributed by atoms with Crippen LogP contribution in [0.15, 0.2) is 59.9 Å². The van der Waals surface area contributed by atoms with Crippen molar-refractivity contribution in [3.05, 3.63) is 76.6 Å². The van der Waals surface area contributed by atoms with E-state index in [-0.39, 0.29) is 5.91 Å². The van der Waals surface area contributed by atoms with Crippen molar-refractivity contribution in [3.8, 4) is 0 Å². The molecule has 4 aromatic heterocycles. The van der Waals surface area contributed by atoms with Crippen molar-refractivity contribution >= 4 is 28.4 Å². The topological polar surface area (TPSA) is 63.9 Å². The van der Waals surface area contributed by atoms with Crippen LogP contribution in [-0.4, -0.2) is 36.4 Å². The Balaban J connectivity index is 1.40. The molecule has 0 saturated heterocycles. The Morgan fingerprint density at radius 2 is 2.14 bits per heavy atom. The van der Waals surface area contributed by atoms with Crippen molar-refractivity contribution in [1.82, 2.24) is 24.4 Å². The maximum absolute atomic E-state index is 13.1. The summed E-state index contributed by atoms with van der Waals surface area (Å²) >= 11 is 1.66. The lowest BCUT2D eigenvalue weighted by Crippen LogP contribution is -2.32. The molecule has 1 saturated carbocycles. The van der Waals surface area contributed by atoms with E-state index in [4.69, 9.17) is 0 Å². The van der Waals surface area contributed by atoms with E-state index in [1.165, 1.54) is 5.56 Å². The van der Waals surface area contributed by atoms with Crippen LogP contribution in [0.5, 0.6) is 0 Å². The summed E-state index contributed by atoms with van der Waals surface area (Å²) in [5.74, 6) is 0.0323. The van der Waals surface area contributed by atoms with E-state index in [1.807, 2.05) is 39.2 Å². The number of amides is 1. The summed E-state index contributed by atoms with van der Waals surface area (Å²) in [4.78, 5) is 28.3. The number of pyridine rings is 2. The first kappa shape index (κ1) is 17.1. The van der Waals surface area contributed by atoms with E-state index in [2.05, 4.69) is 26.4 Å². The second-order valence-corrected chi connectivity index (χ2v) is 7.88. The van der Waals surface area contributed by atoms with Crippen molar-refractivity contribution in [2.24, 2.45) is 0 Å². The van der Waals surface area contributed by atoms with Gasteiger partial charge in [0.05, 0.1) is 18.4 Å². The van der Waals surface area contributed by atoms with Gasteiger partial charge in [-0.25, -0.2) is 9.97 Å². The number of nitrogens with zero attached hydrogens (tertiary/aromatic N) is 5. The van der Waals surface area contributed by atoms with Crippen molar-refractivity contribution in [2.75, 3.05) is 0 Å². The molecule has 1 amide bonds. The van der Waals surface area contributed by atoms with Gasteiger partial charge in [-0.3, -0.25) is 9.78 Å². The molecule has 0 atom stereocenters. The van der Waals surface area contributed by atoms with E-state index in [9.17, 15) is 4.79 Å². The summed E-state index contributed by atoms with van der Waals surface area (Å²) in [6.07, 6.45) is 9.18. The van der Waals surface area contributed by atoms with E-state index in [0.29, 0.717) is 24.7 Å². The molecule has 1 fully saturated rings. The zero-order valence-corrected chi connectivity index (χ0v) is 16.0. The predicted octanol–water partition coefficient (Wildman–Crippen LogP) is 3.74. The highest BCUT2D eigenvalue weighted by atomic mass is 32.1. The average Bonchev–Trinajstić information content (AvgIpc) is 3.29. The lowest BCUT2D eigenvalue weighted by Gasteiger charge is -2.22. The van der Waals surface area contributed by atoms with Gasteiger partial charge in [-0.05, 0) is 52.9 Å². The second kappa shape index (κ2) is 7.16. The molecule has 0 N–H and O–H groups in total. The zero-order chi connectivity index (χ0) is 18.9. The standard InChI is InChI=1S/C21H19N5OS/c27-21(26(18-3-4-18)12-16-5-7-28-13-16)17-8-19-20(23-10-17)25(14-24-19)11-15-2-1-6-22-9-15/h1-2,5-10,13-14,18H,3-4,11-12H2. The van der Waals surface area contributed by atoms with Gasteiger partial charge in [-0.1, -0.05) is 6.07 Å². The first-order valence-electron chi connectivity index (χ1n) is 9.30. The summed E-state index contributed by atoms with van der Waals surface area (Å²) in [6, 6.07) is 8.21. The molecule has 0 radical (unpaired) electrons. The minimum absolute atomic E-state index is 0.0323. The molecule has 7 heteroatoms. The van der Waals surface area contributed by atoms with Crippen molar-refractivity contribution < 1.29 is 4.79 Å². The van der Waals surface area contributed by atoms with E-state index in [0.717, 1.165) is 29.6 Å². The fourth-order valence-electron chi connectivity index (χ4n) is 3.37. The number of rotatable bonds is 6. The Morgan fingerprint density at radius 3 is 2.89 bits per heavy atom. The molecule has 0 spiro atoms. The molecule has 0 unspecified atom stereocenters. The van der Waals surface area contributed by atoms with Gasteiger partial charge < -0.3 is 9.47 Å². The third kappa shape index (κ3) is 3.41. The minimum Gasteiger partial charge on any atom is -0.331 e. The van der Waals surface area contributed by atoms with Crippen LogP contribution in [0.3, 0.4) is 0 Å². The number of aromatic nitrogens is 4. The lowest BCUT2D eigenvalue weighted by atomic mass is 10.2. The quantitative estimate of drug-likeness (QED) is 0.504. The van der Waals surface area contributed by atoms with Gasteiger partial charge in [0.15, 0.2) is 5.65 Å². The highest BCUT2D eigenvalue weighted by Gasteiger charge is 2.33. The summed E-state index contributed by atoms with van der Waals surface area (Å²) in [5, 5.41) is 4.15. The molecule has 0 aliphatic heterocycles. The largest absolute Gasteiger partial charge is 0.331 e. The van der Waals surface area contributed by atoms with Crippen molar-refractivity contribution in [2.45, 2.75) is 32.0 Å². The van der Waals surface area contributed by atoms with Crippen LogP contribution in [0.1, 0.15) is 34.3 Å². The van der Waals surface area contributed by atoms with Crippen molar-refractivity contribution in [1.29, 1.82) is 0 Å². The fraction of sp³-hybridized carbons (Fsp3) is 0.238. The first-order valence-corrected chi connectivity index (χ1v) is 10.2. The van der Waals surface area contributed by atoms with Gasteiger partial charge in [-0.2, -0.15) is 11.3 Å². The van der Waals surface area contributed by atoms with Crippen LogP contribution in [-0.2, 0) is 13.1 Å². The molecule has 4 aromatic rings. The number of fused-ring (bicyclic) bond motifs is 1. The summed E-state index contributed by atoms with van der Waals surface area (Å²) in [6.45, 7) is 1.30. The Hall–Kier alpha value is -3.06. The smallest absolute Gasteiger partial charge is 0.256 e. The third-order valence-electron chi connectivity index (χ3n) is 4.96. The molecule has 1 aliphatic rings. The molecule has 0 bridgehead atoms. The predicted molar refractivity (Wildman–Crippen MR) is 108 cm³/mol. The van der Waals surface area contributed by atoms with Crippen LogP contribution in [0.2, 0.25) is 0 Å². The fourth-order valence-corrected chi connectivity index (χ4v) is 4.03. The third-order valence-corrected chi connectivity index (χ3v) is 5.69. The molecule has 28 heavy (non-hydrogen) atoms. The molecule has 6 nitrogen and oxygen atoms in total. The molecule has 5 rings (SSSR count). The molecule has 1 aliphatic carbocycles. The van der Waals surface area contributed by atoms with Crippen LogP contribution in [0, 0.1) is 0 Å². The SMILES string of the molecule is O=C(c1cnc2c(c1)ncn2Cc1cccnc1)N(Cc1ccsc1)C1CC1. The van der Waals surface area contributed by atoms with Crippen LogP contribution in [0.4, 0.5) is 0 Å². The Bertz CT molecular complexity index is 1100. The molecule has 140 valence electrons. The first-order chi connectivity index (χ1) is 13.8. The van der Waals surface area contributed by atoms with Gasteiger partial charge >= 0.3 is 0 Å². The molecule has 4 heterocycles. The summed E-state index contributed by atoms with van der Waals surface area (Å²) in [7, 11) is 0. The van der Waals surface area contributed by atoms with Gasteiger partial charge in [-0.15, -0.1) is 0 Å². The van der Waals surface area contributed by atoms with Crippen LogP contribution >= 0.6 is 11.3 Å². The zero-order valence-electron chi connectivity index (χ0n) is 15.2. The van der Waals surface area contributed by atoms with Gasteiger partial charge in [0.25, 0.3) is 5.91 Å². The summed E-state index contributed by atoms with van der Waals surface area (Å²) in [5.41, 5.74) is 4.37. The number of carbonyl (C=O) groups is 1. The van der Waals surface area contributed by atoms with E-state index in [1.54, 1.807) is 30.1 Å². The molecular formula is C21H19N5OS. The van der Waals surface area contributed by atoms with Gasteiger partial charge in [0.1, 0.15) is 5.52 Å². The van der Waals surface area contributed by atoms with Crippen LogP contribution < -0.4 is 0 Å². The maximum Gasteiger partial charge on any atom is 0.256 e. The Labute approximate surface area is 166 Å². The average molecular weight is 389 g/mol. The minimum atomic E-state index is 0.0323. The number of hydrogen-bond donors (Lipinski definition) is 0. The summed E-state index contributed by atoms with van der Waals surface area (Å²) < 4.78 is 1.98. The van der Waals surface area contributed by atoms with Crippen molar-refractivity contribution in [3.63, 3.8) is 0 Å². The normalized spacial score (nSPS) is 13.7.